The van der Waals surface area contributed by atoms with Gasteiger partial charge in [-0.25, -0.2) is 13.6 Å². The Labute approximate surface area is 152 Å². The molecule has 1 aromatic carbocycles. The van der Waals surface area contributed by atoms with Crippen LogP contribution in [0.5, 0.6) is 0 Å². The Morgan fingerprint density at radius 2 is 1.73 bits per heavy atom. The van der Waals surface area contributed by atoms with Crippen molar-refractivity contribution in [2.24, 2.45) is 0 Å². The molecule has 0 saturated heterocycles. The van der Waals surface area contributed by atoms with E-state index in [-0.39, 0.29) is 11.5 Å². The minimum Gasteiger partial charge on any atom is -0.452 e. The molecule has 0 fully saturated rings. The lowest BCUT2D eigenvalue weighted by molar-refractivity contribution is -0.119. The number of carbonyl (C=O) groups is 3. The summed E-state index contributed by atoms with van der Waals surface area (Å²) in [5.74, 6) is -3.95. The molecular weight excluding hydrogens is 366 g/mol. The fourth-order valence-corrected chi connectivity index (χ4v) is 3.21. The lowest BCUT2D eigenvalue weighted by Gasteiger charge is -2.09. The van der Waals surface area contributed by atoms with Crippen molar-refractivity contribution >= 4 is 39.8 Å². The quantitative estimate of drug-likeness (QED) is 0.777. The van der Waals surface area contributed by atoms with E-state index in [1.165, 1.54) is 18.3 Å². The Hall–Kier alpha value is -2.81. The van der Waals surface area contributed by atoms with Gasteiger partial charge in [0.05, 0.1) is 5.56 Å². The molecule has 0 unspecified atom stereocenters. The van der Waals surface area contributed by atoms with Gasteiger partial charge in [-0.1, -0.05) is 6.07 Å². The molecular formula is C17H16F2N2O4S. The van der Waals surface area contributed by atoms with Crippen LogP contribution in [0.2, 0.25) is 0 Å². The molecule has 0 spiro atoms. The van der Waals surface area contributed by atoms with Crippen LogP contribution in [0.25, 0.3) is 0 Å². The SMILES string of the molecule is CC(=O)Nc1sc(C)c(C)c1C(=O)OCC(=O)Nc1c(F)cccc1F. The molecule has 0 bridgehead atoms. The first kappa shape index (κ1) is 19.5. The van der Waals surface area contributed by atoms with Crippen LogP contribution >= 0.6 is 11.3 Å². The van der Waals surface area contributed by atoms with E-state index in [9.17, 15) is 23.2 Å². The van der Waals surface area contributed by atoms with E-state index in [2.05, 4.69) is 5.32 Å². The lowest BCUT2D eigenvalue weighted by atomic mass is 10.1. The highest BCUT2D eigenvalue weighted by Crippen LogP contribution is 2.33. The van der Waals surface area contributed by atoms with Gasteiger partial charge in [0.15, 0.2) is 6.61 Å². The van der Waals surface area contributed by atoms with E-state index < -0.39 is 35.8 Å². The number of ether oxygens (including phenoxy) is 1. The van der Waals surface area contributed by atoms with E-state index in [1.54, 1.807) is 13.8 Å². The Bertz CT molecular complexity index is 860. The van der Waals surface area contributed by atoms with E-state index in [0.717, 1.165) is 23.1 Å². The topological polar surface area (TPSA) is 84.5 Å². The van der Waals surface area contributed by atoms with Crippen LogP contribution in [0.15, 0.2) is 18.2 Å². The molecule has 0 aliphatic rings. The highest BCUT2D eigenvalue weighted by Gasteiger charge is 2.22. The van der Waals surface area contributed by atoms with Gasteiger partial charge >= 0.3 is 5.97 Å². The largest absolute Gasteiger partial charge is 0.452 e. The molecule has 6 nitrogen and oxygen atoms in total. The highest BCUT2D eigenvalue weighted by atomic mass is 32.1. The number of esters is 1. The molecule has 1 aromatic heterocycles. The van der Waals surface area contributed by atoms with Crippen LogP contribution in [0, 0.1) is 25.5 Å². The van der Waals surface area contributed by atoms with Crippen LogP contribution in [-0.4, -0.2) is 24.4 Å². The minimum absolute atomic E-state index is 0.146. The molecule has 26 heavy (non-hydrogen) atoms. The second-order valence-corrected chi connectivity index (χ2v) is 6.61. The zero-order chi connectivity index (χ0) is 19.4. The predicted octanol–water partition coefficient (Wildman–Crippen LogP) is 3.40. The molecule has 0 atom stereocenters. The maximum absolute atomic E-state index is 13.5. The van der Waals surface area contributed by atoms with Gasteiger partial charge in [0.2, 0.25) is 5.91 Å². The molecule has 1 heterocycles. The predicted molar refractivity (Wildman–Crippen MR) is 93.4 cm³/mol. The third-order valence-corrected chi connectivity index (χ3v) is 4.56. The summed E-state index contributed by atoms with van der Waals surface area (Å²) in [5.41, 5.74) is 0.145. The summed E-state index contributed by atoms with van der Waals surface area (Å²) in [5, 5.41) is 4.87. The first-order chi connectivity index (χ1) is 12.2. The summed E-state index contributed by atoms with van der Waals surface area (Å²) < 4.78 is 31.9. The van der Waals surface area contributed by atoms with Crippen molar-refractivity contribution in [1.29, 1.82) is 0 Å². The number of hydrogen-bond acceptors (Lipinski definition) is 5. The summed E-state index contributed by atoms with van der Waals surface area (Å²) in [4.78, 5) is 36.1. The second-order valence-electron chi connectivity index (χ2n) is 5.39. The van der Waals surface area contributed by atoms with Gasteiger partial charge in [0.25, 0.3) is 5.91 Å². The van der Waals surface area contributed by atoms with Gasteiger partial charge in [0, 0.05) is 11.8 Å². The number of thiophene rings is 1. The van der Waals surface area contributed by atoms with Crippen LogP contribution in [-0.2, 0) is 14.3 Å². The zero-order valence-electron chi connectivity index (χ0n) is 14.2. The Morgan fingerprint density at radius 3 is 2.31 bits per heavy atom. The number of amides is 2. The number of nitrogens with one attached hydrogen (secondary N) is 2. The first-order valence-electron chi connectivity index (χ1n) is 7.49. The fourth-order valence-electron chi connectivity index (χ4n) is 2.12. The van der Waals surface area contributed by atoms with Gasteiger partial charge in [-0.15, -0.1) is 11.3 Å². The number of anilines is 2. The summed E-state index contributed by atoms with van der Waals surface area (Å²) in [6, 6.07) is 3.13. The Balaban J connectivity index is 2.07. The highest BCUT2D eigenvalue weighted by molar-refractivity contribution is 7.16. The number of benzene rings is 1. The monoisotopic (exact) mass is 382 g/mol. The van der Waals surface area contributed by atoms with Crippen molar-refractivity contribution < 1.29 is 27.9 Å². The van der Waals surface area contributed by atoms with Crippen molar-refractivity contribution in [1.82, 2.24) is 0 Å². The van der Waals surface area contributed by atoms with Crippen LogP contribution in [0.1, 0.15) is 27.7 Å². The maximum Gasteiger partial charge on any atom is 0.341 e. The van der Waals surface area contributed by atoms with Crippen molar-refractivity contribution in [3.63, 3.8) is 0 Å². The van der Waals surface area contributed by atoms with Crippen LogP contribution < -0.4 is 10.6 Å². The molecule has 2 N–H and O–H groups in total. The Morgan fingerprint density at radius 1 is 1.12 bits per heavy atom. The average molecular weight is 382 g/mol. The molecule has 0 radical (unpaired) electrons. The normalized spacial score (nSPS) is 10.3. The zero-order valence-corrected chi connectivity index (χ0v) is 15.1. The first-order valence-corrected chi connectivity index (χ1v) is 8.31. The number of carbonyl (C=O) groups excluding carboxylic acids is 3. The van der Waals surface area contributed by atoms with Gasteiger partial charge in [0.1, 0.15) is 22.3 Å². The Kier molecular flexibility index (Phi) is 6.04. The van der Waals surface area contributed by atoms with Gasteiger partial charge < -0.3 is 15.4 Å². The molecule has 0 aliphatic heterocycles. The van der Waals surface area contributed by atoms with E-state index in [4.69, 9.17) is 4.74 Å². The van der Waals surface area contributed by atoms with Crippen LogP contribution in [0.4, 0.5) is 19.5 Å². The number of hydrogen-bond donors (Lipinski definition) is 2. The number of rotatable bonds is 5. The third kappa shape index (κ3) is 4.42. The van der Waals surface area contributed by atoms with Crippen molar-refractivity contribution in [2.75, 3.05) is 17.2 Å². The molecule has 2 rings (SSSR count). The number of halogens is 2. The summed E-state index contributed by atoms with van der Waals surface area (Å²) in [7, 11) is 0. The summed E-state index contributed by atoms with van der Waals surface area (Å²) >= 11 is 1.21. The van der Waals surface area contributed by atoms with Gasteiger partial charge in [-0.05, 0) is 31.5 Å². The molecule has 2 aromatic rings. The maximum atomic E-state index is 13.5. The van der Waals surface area contributed by atoms with Crippen molar-refractivity contribution in [3.05, 3.63) is 45.8 Å². The average Bonchev–Trinajstić information content (AvgIpc) is 2.82. The lowest BCUT2D eigenvalue weighted by Crippen LogP contribution is -2.22. The third-order valence-electron chi connectivity index (χ3n) is 3.44. The number of aryl methyl sites for hydroxylation is 1. The van der Waals surface area contributed by atoms with Crippen molar-refractivity contribution in [2.45, 2.75) is 20.8 Å². The second kappa shape index (κ2) is 8.05. The minimum atomic E-state index is -0.943. The molecule has 0 saturated carbocycles. The van der Waals surface area contributed by atoms with Gasteiger partial charge in [-0.2, -0.15) is 0 Å². The standard InChI is InChI=1S/C17H16F2N2O4S/c1-8-9(2)26-16(20-10(3)22)14(8)17(24)25-7-13(23)21-15-11(18)5-4-6-12(15)19/h4-6H,7H2,1-3H3,(H,20,22)(H,21,23). The smallest absolute Gasteiger partial charge is 0.341 e. The fraction of sp³-hybridized carbons (Fsp3) is 0.235. The van der Waals surface area contributed by atoms with Gasteiger partial charge in [-0.3, -0.25) is 9.59 Å². The van der Waals surface area contributed by atoms with E-state index >= 15 is 0 Å². The summed E-state index contributed by atoms with van der Waals surface area (Å²) in [6.07, 6.45) is 0. The van der Waals surface area contributed by atoms with E-state index in [1.807, 2.05) is 5.32 Å². The number of para-hydroxylation sites is 1. The summed E-state index contributed by atoms with van der Waals surface area (Å²) in [6.45, 7) is 4.02. The van der Waals surface area contributed by atoms with E-state index in [0.29, 0.717) is 10.6 Å². The molecule has 138 valence electrons. The molecule has 2 amide bonds. The van der Waals surface area contributed by atoms with Crippen LogP contribution in [0.3, 0.4) is 0 Å². The molecule has 0 aliphatic carbocycles. The molecule has 9 heteroatoms. The van der Waals surface area contributed by atoms with Crippen molar-refractivity contribution in [3.8, 4) is 0 Å².